The molecule has 5 heteroatoms. The first kappa shape index (κ1) is 11.0. The Hall–Kier alpha value is -1.49. The molecular weight excluding hydrogens is 226 g/mol. The van der Waals surface area contributed by atoms with Gasteiger partial charge in [0.05, 0.1) is 18.9 Å². The zero-order chi connectivity index (χ0) is 11.9. The highest BCUT2D eigenvalue weighted by molar-refractivity contribution is 7.89. The molecule has 0 aliphatic heterocycles. The summed E-state index contributed by atoms with van der Waals surface area (Å²) in [6, 6.07) is 5.35. The molecule has 1 aromatic carbocycles. The van der Waals surface area contributed by atoms with Gasteiger partial charge in [0.15, 0.2) is 0 Å². The van der Waals surface area contributed by atoms with Gasteiger partial charge in [-0.3, -0.25) is 0 Å². The van der Waals surface area contributed by atoms with Gasteiger partial charge in [-0.2, -0.15) is 0 Å². The maximum absolute atomic E-state index is 11.5. The molecule has 4 nitrogen and oxygen atoms in total. The molecule has 0 saturated carbocycles. The molecule has 0 aliphatic carbocycles. The first-order valence-electron chi connectivity index (χ1n) is 4.80. The van der Waals surface area contributed by atoms with Crippen molar-refractivity contribution in [2.45, 2.75) is 6.92 Å². The van der Waals surface area contributed by atoms with Gasteiger partial charge in [0, 0.05) is 11.6 Å². The molecule has 1 aromatic heterocycles. The van der Waals surface area contributed by atoms with Crippen LogP contribution in [-0.4, -0.2) is 25.8 Å². The van der Waals surface area contributed by atoms with Crippen LogP contribution < -0.4 is 4.74 Å². The van der Waals surface area contributed by atoms with E-state index in [9.17, 15) is 8.42 Å². The normalized spacial score (nSPS) is 11.9. The van der Waals surface area contributed by atoms with E-state index < -0.39 is 10.0 Å². The van der Waals surface area contributed by atoms with Gasteiger partial charge in [-0.05, 0) is 30.7 Å². The fourth-order valence-electron chi connectivity index (χ4n) is 1.74. The first-order valence-corrected chi connectivity index (χ1v) is 6.64. The lowest BCUT2D eigenvalue weighted by atomic mass is 10.2. The summed E-state index contributed by atoms with van der Waals surface area (Å²) in [6.45, 7) is 1.88. The highest BCUT2D eigenvalue weighted by atomic mass is 32.2. The molecule has 0 bridgehead atoms. The molecule has 1 heterocycles. The average Bonchev–Trinajstić information content (AvgIpc) is 2.55. The van der Waals surface area contributed by atoms with E-state index in [1.165, 1.54) is 10.2 Å². The first-order chi connectivity index (χ1) is 7.43. The molecular formula is C11H13NO3S. The van der Waals surface area contributed by atoms with E-state index in [0.717, 1.165) is 16.7 Å². The molecule has 0 amide bonds. The second-order valence-electron chi connectivity index (χ2n) is 3.75. The smallest absolute Gasteiger partial charge is 0.236 e. The van der Waals surface area contributed by atoms with Crippen molar-refractivity contribution in [2.24, 2.45) is 0 Å². The summed E-state index contributed by atoms with van der Waals surface area (Å²) in [4.78, 5) is 0. The highest BCUT2D eigenvalue weighted by Crippen LogP contribution is 2.26. The maximum Gasteiger partial charge on any atom is 0.236 e. The largest absolute Gasteiger partial charge is 0.497 e. The van der Waals surface area contributed by atoms with E-state index in [1.54, 1.807) is 25.4 Å². The summed E-state index contributed by atoms with van der Waals surface area (Å²) in [5, 5.41) is 0.893. The van der Waals surface area contributed by atoms with Crippen LogP contribution in [0.5, 0.6) is 5.75 Å². The van der Waals surface area contributed by atoms with E-state index in [2.05, 4.69) is 0 Å². The summed E-state index contributed by atoms with van der Waals surface area (Å²) in [7, 11) is -1.66. The lowest BCUT2D eigenvalue weighted by Gasteiger charge is -2.03. The standard InChI is InChI=1S/C11H13NO3S/c1-8-7-12(16(3,13)14)11-5-4-9(15-2)6-10(8)11/h4-7H,1-3H3. The molecule has 0 saturated heterocycles. The van der Waals surface area contributed by atoms with Crippen LogP contribution in [0.3, 0.4) is 0 Å². The van der Waals surface area contributed by atoms with E-state index in [0.29, 0.717) is 5.52 Å². The highest BCUT2D eigenvalue weighted by Gasteiger charge is 2.12. The van der Waals surface area contributed by atoms with Crippen molar-refractivity contribution in [3.8, 4) is 5.75 Å². The van der Waals surface area contributed by atoms with Crippen molar-refractivity contribution < 1.29 is 13.2 Å². The molecule has 2 aromatic rings. The summed E-state index contributed by atoms with van der Waals surface area (Å²) in [5.74, 6) is 0.724. The predicted molar refractivity (Wildman–Crippen MR) is 63.5 cm³/mol. The third-order valence-electron chi connectivity index (χ3n) is 2.53. The number of fused-ring (bicyclic) bond motifs is 1. The molecule has 16 heavy (non-hydrogen) atoms. The SMILES string of the molecule is COc1ccc2c(c1)c(C)cn2S(C)(=O)=O. The van der Waals surface area contributed by atoms with Crippen LogP contribution in [-0.2, 0) is 10.0 Å². The minimum atomic E-state index is -3.25. The minimum absolute atomic E-state index is 0.681. The number of ether oxygens (including phenoxy) is 1. The molecule has 0 N–H and O–H groups in total. The van der Waals surface area contributed by atoms with Gasteiger partial charge in [0.2, 0.25) is 10.0 Å². The number of hydrogen-bond acceptors (Lipinski definition) is 3. The topological polar surface area (TPSA) is 48.3 Å². The Labute approximate surface area is 94.5 Å². The summed E-state index contributed by atoms with van der Waals surface area (Å²) < 4.78 is 29.5. The van der Waals surface area contributed by atoms with E-state index >= 15 is 0 Å². The van der Waals surface area contributed by atoms with Gasteiger partial charge < -0.3 is 4.74 Å². The van der Waals surface area contributed by atoms with Crippen molar-refractivity contribution >= 4 is 20.9 Å². The van der Waals surface area contributed by atoms with Crippen LogP contribution in [0, 0.1) is 6.92 Å². The Morgan fingerprint density at radius 2 is 2.00 bits per heavy atom. The molecule has 0 aliphatic rings. The van der Waals surface area contributed by atoms with Gasteiger partial charge in [-0.1, -0.05) is 0 Å². The van der Waals surface area contributed by atoms with Gasteiger partial charge in [-0.15, -0.1) is 0 Å². The number of benzene rings is 1. The van der Waals surface area contributed by atoms with Gasteiger partial charge >= 0.3 is 0 Å². The molecule has 0 spiro atoms. The van der Waals surface area contributed by atoms with Crippen LogP contribution >= 0.6 is 0 Å². The summed E-state index contributed by atoms with van der Waals surface area (Å²) in [6.07, 6.45) is 2.82. The van der Waals surface area contributed by atoms with Crippen LogP contribution in [0.2, 0.25) is 0 Å². The monoisotopic (exact) mass is 239 g/mol. The zero-order valence-electron chi connectivity index (χ0n) is 9.39. The number of aryl methyl sites for hydroxylation is 1. The Morgan fingerprint density at radius 3 is 2.56 bits per heavy atom. The Morgan fingerprint density at radius 1 is 1.31 bits per heavy atom. The maximum atomic E-state index is 11.5. The lowest BCUT2D eigenvalue weighted by molar-refractivity contribution is 0.415. The van der Waals surface area contributed by atoms with Gasteiger partial charge in [-0.25, -0.2) is 12.4 Å². The van der Waals surface area contributed by atoms with E-state index in [1.807, 2.05) is 13.0 Å². The third kappa shape index (κ3) is 1.67. The number of hydrogen-bond donors (Lipinski definition) is 0. The number of rotatable bonds is 2. The van der Waals surface area contributed by atoms with Crippen LogP contribution in [0.1, 0.15) is 5.56 Å². The number of nitrogens with zero attached hydrogens (tertiary/aromatic N) is 1. The summed E-state index contributed by atoms with van der Waals surface area (Å²) in [5.41, 5.74) is 1.60. The third-order valence-corrected chi connectivity index (χ3v) is 3.55. The van der Waals surface area contributed by atoms with Crippen molar-refractivity contribution in [3.63, 3.8) is 0 Å². The second kappa shape index (κ2) is 3.52. The molecule has 0 fully saturated rings. The van der Waals surface area contributed by atoms with E-state index in [4.69, 9.17) is 4.74 Å². The van der Waals surface area contributed by atoms with Crippen molar-refractivity contribution in [1.82, 2.24) is 3.97 Å². The Balaban J connectivity index is 2.82. The zero-order valence-corrected chi connectivity index (χ0v) is 10.2. The van der Waals surface area contributed by atoms with Gasteiger partial charge in [0.1, 0.15) is 5.75 Å². The van der Waals surface area contributed by atoms with Gasteiger partial charge in [0.25, 0.3) is 0 Å². The fraction of sp³-hybridized carbons (Fsp3) is 0.273. The number of methoxy groups -OCH3 is 1. The molecule has 0 radical (unpaired) electrons. The number of aromatic nitrogens is 1. The Bertz CT molecular complexity index is 641. The van der Waals surface area contributed by atoms with Crippen LogP contribution in [0.4, 0.5) is 0 Å². The average molecular weight is 239 g/mol. The van der Waals surface area contributed by atoms with Crippen LogP contribution in [0.25, 0.3) is 10.9 Å². The van der Waals surface area contributed by atoms with E-state index in [-0.39, 0.29) is 0 Å². The molecule has 2 rings (SSSR count). The Kier molecular flexibility index (Phi) is 2.42. The van der Waals surface area contributed by atoms with Crippen molar-refractivity contribution in [1.29, 1.82) is 0 Å². The van der Waals surface area contributed by atoms with Crippen LogP contribution in [0.15, 0.2) is 24.4 Å². The fourth-order valence-corrected chi connectivity index (χ4v) is 2.61. The minimum Gasteiger partial charge on any atom is -0.497 e. The lowest BCUT2D eigenvalue weighted by Crippen LogP contribution is -2.08. The summed E-state index contributed by atoms with van der Waals surface area (Å²) >= 11 is 0. The second-order valence-corrected chi connectivity index (χ2v) is 5.61. The van der Waals surface area contributed by atoms with Crippen molar-refractivity contribution in [3.05, 3.63) is 30.0 Å². The molecule has 0 atom stereocenters. The molecule has 0 unspecified atom stereocenters. The predicted octanol–water partition coefficient (Wildman–Crippen LogP) is 1.77. The van der Waals surface area contributed by atoms with Crippen molar-refractivity contribution in [2.75, 3.05) is 13.4 Å². The molecule has 86 valence electrons. The quantitative estimate of drug-likeness (QED) is 0.802.